The maximum atomic E-state index is 3.64. The van der Waals surface area contributed by atoms with Crippen LogP contribution in [0.15, 0.2) is 77.3 Å². The van der Waals surface area contributed by atoms with Gasteiger partial charge in [-0.05, 0) is 41.5 Å². The second-order valence-corrected chi connectivity index (χ2v) is 6.90. The molecule has 1 aliphatic carbocycles. The molecule has 1 nitrogen and oxygen atoms in total. The van der Waals surface area contributed by atoms with E-state index < -0.39 is 0 Å². The van der Waals surface area contributed by atoms with Crippen LogP contribution in [-0.4, -0.2) is 4.57 Å². The van der Waals surface area contributed by atoms with E-state index in [1.807, 2.05) is 0 Å². The lowest BCUT2D eigenvalue weighted by molar-refractivity contribution is 1.01. The van der Waals surface area contributed by atoms with E-state index in [2.05, 4.69) is 93.3 Å². The van der Waals surface area contributed by atoms with Crippen LogP contribution < -0.4 is 0 Å². The van der Waals surface area contributed by atoms with Gasteiger partial charge in [-0.25, -0.2) is 0 Å². The molecule has 0 bridgehead atoms. The van der Waals surface area contributed by atoms with Gasteiger partial charge in [-0.1, -0.05) is 58.4 Å². The first kappa shape index (κ1) is 13.1. The molecule has 1 aliphatic rings. The van der Waals surface area contributed by atoms with Crippen molar-refractivity contribution in [3.63, 3.8) is 0 Å². The van der Waals surface area contributed by atoms with Crippen LogP contribution in [0.2, 0.25) is 0 Å². The molecule has 110 valence electrons. The van der Waals surface area contributed by atoms with Crippen molar-refractivity contribution in [2.75, 3.05) is 0 Å². The van der Waals surface area contributed by atoms with Crippen molar-refractivity contribution in [1.29, 1.82) is 0 Å². The fourth-order valence-electron chi connectivity index (χ4n) is 3.75. The maximum Gasteiger partial charge on any atom is 0.0538 e. The largest absolute Gasteiger partial charge is 0.313 e. The molecular formula is C21H14BrN. The third-order valence-corrected chi connectivity index (χ3v) is 5.18. The van der Waals surface area contributed by atoms with Crippen molar-refractivity contribution < 1.29 is 0 Å². The molecule has 0 saturated carbocycles. The number of rotatable bonds is 1. The molecule has 23 heavy (non-hydrogen) atoms. The van der Waals surface area contributed by atoms with Gasteiger partial charge in [-0.15, -0.1) is 0 Å². The summed E-state index contributed by atoms with van der Waals surface area (Å²) in [4.78, 5) is 0. The second-order valence-electron chi connectivity index (χ2n) is 5.99. The van der Waals surface area contributed by atoms with E-state index in [0.717, 1.165) is 10.9 Å². The fraction of sp³-hybridized carbons (Fsp3) is 0.0476. The standard InChI is InChI=1S/C21H14BrN/c22-15-10-11-19-18(13-15)21-17-9-5-4-6-14(17)12-20(21)23(19)16-7-2-1-3-8-16/h1-11,13H,12H2. The molecule has 0 fully saturated rings. The summed E-state index contributed by atoms with van der Waals surface area (Å²) in [6.45, 7) is 0. The number of hydrogen-bond donors (Lipinski definition) is 0. The lowest BCUT2D eigenvalue weighted by Gasteiger charge is -2.09. The highest BCUT2D eigenvalue weighted by molar-refractivity contribution is 9.10. The summed E-state index contributed by atoms with van der Waals surface area (Å²) in [5, 5.41) is 1.32. The summed E-state index contributed by atoms with van der Waals surface area (Å²) in [7, 11) is 0. The number of hydrogen-bond acceptors (Lipinski definition) is 0. The van der Waals surface area contributed by atoms with Crippen LogP contribution in [0.25, 0.3) is 27.7 Å². The van der Waals surface area contributed by atoms with Gasteiger partial charge in [-0.3, -0.25) is 0 Å². The molecule has 1 heterocycles. The van der Waals surface area contributed by atoms with Crippen molar-refractivity contribution in [3.05, 3.63) is 88.5 Å². The third kappa shape index (κ3) is 1.85. The number of benzene rings is 3. The van der Waals surface area contributed by atoms with Crippen molar-refractivity contribution in [2.45, 2.75) is 6.42 Å². The first-order chi connectivity index (χ1) is 11.3. The van der Waals surface area contributed by atoms with E-state index in [9.17, 15) is 0 Å². The van der Waals surface area contributed by atoms with Crippen LogP contribution in [-0.2, 0) is 6.42 Å². The number of nitrogens with zero attached hydrogens (tertiary/aromatic N) is 1. The van der Waals surface area contributed by atoms with Gasteiger partial charge in [0, 0.05) is 33.2 Å². The average Bonchev–Trinajstić information content (AvgIpc) is 3.10. The van der Waals surface area contributed by atoms with Gasteiger partial charge in [-0.2, -0.15) is 0 Å². The van der Waals surface area contributed by atoms with Crippen molar-refractivity contribution in [1.82, 2.24) is 4.57 Å². The van der Waals surface area contributed by atoms with Crippen molar-refractivity contribution >= 4 is 26.8 Å². The second kappa shape index (κ2) is 4.84. The summed E-state index contributed by atoms with van der Waals surface area (Å²) in [5.74, 6) is 0. The summed E-state index contributed by atoms with van der Waals surface area (Å²) in [5.41, 5.74) is 8.09. The van der Waals surface area contributed by atoms with E-state index >= 15 is 0 Å². The zero-order valence-corrected chi connectivity index (χ0v) is 14.0. The monoisotopic (exact) mass is 359 g/mol. The molecule has 0 unspecified atom stereocenters. The van der Waals surface area contributed by atoms with Crippen molar-refractivity contribution in [3.8, 4) is 16.8 Å². The number of aromatic nitrogens is 1. The predicted octanol–water partition coefficient (Wildman–Crippen LogP) is 5.96. The fourth-order valence-corrected chi connectivity index (χ4v) is 4.12. The van der Waals surface area contributed by atoms with E-state index in [-0.39, 0.29) is 0 Å². The molecule has 0 radical (unpaired) electrons. The highest BCUT2D eigenvalue weighted by atomic mass is 79.9. The van der Waals surface area contributed by atoms with Gasteiger partial charge in [0.2, 0.25) is 0 Å². The Morgan fingerprint density at radius 2 is 1.61 bits per heavy atom. The molecule has 3 aromatic carbocycles. The lowest BCUT2D eigenvalue weighted by Crippen LogP contribution is -1.98. The maximum absolute atomic E-state index is 3.64. The summed E-state index contributed by atoms with van der Waals surface area (Å²) >= 11 is 3.64. The summed E-state index contributed by atoms with van der Waals surface area (Å²) < 4.78 is 3.54. The van der Waals surface area contributed by atoms with Gasteiger partial charge >= 0.3 is 0 Å². The Balaban J connectivity index is 1.93. The van der Waals surface area contributed by atoms with Crippen LogP contribution in [0.5, 0.6) is 0 Å². The Morgan fingerprint density at radius 3 is 2.48 bits per heavy atom. The van der Waals surface area contributed by atoms with Crippen LogP contribution in [0.3, 0.4) is 0 Å². The molecule has 5 rings (SSSR count). The van der Waals surface area contributed by atoms with Gasteiger partial charge < -0.3 is 4.57 Å². The first-order valence-corrected chi connectivity index (χ1v) is 8.59. The van der Waals surface area contributed by atoms with Gasteiger partial charge in [0.1, 0.15) is 0 Å². The topological polar surface area (TPSA) is 4.93 Å². The minimum absolute atomic E-state index is 0.993. The predicted molar refractivity (Wildman–Crippen MR) is 99.2 cm³/mol. The highest BCUT2D eigenvalue weighted by Gasteiger charge is 2.26. The van der Waals surface area contributed by atoms with E-state index in [4.69, 9.17) is 0 Å². The molecule has 0 saturated heterocycles. The van der Waals surface area contributed by atoms with Gasteiger partial charge in [0.05, 0.1) is 5.52 Å². The van der Waals surface area contributed by atoms with Crippen LogP contribution in [0.4, 0.5) is 0 Å². The molecule has 0 amide bonds. The van der Waals surface area contributed by atoms with Gasteiger partial charge in [0.15, 0.2) is 0 Å². The summed E-state index contributed by atoms with van der Waals surface area (Å²) in [6.07, 6.45) is 0.993. The van der Waals surface area contributed by atoms with E-state index in [1.54, 1.807) is 0 Å². The van der Waals surface area contributed by atoms with Crippen LogP contribution in [0, 0.1) is 0 Å². The molecule has 2 heteroatoms. The Labute approximate surface area is 143 Å². The smallest absolute Gasteiger partial charge is 0.0538 e. The normalized spacial score (nSPS) is 12.4. The molecule has 0 N–H and O–H groups in total. The highest BCUT2D eigenvalue weighted by Crippen LogP contribution is 2.45. The molecule has 0 spiro atoms. The Kier molecular flexibility index (Phi) is 2.77. The minimum Gasteiger partial charge on any atom is -0.313 e. The van der Waals surface area contributed by atoms with Crippen molar-refractivity contribution in [2.24, 2.45) is 0 Å². The lowest BCUT2D eigenvalue weighted by atomic mass is 10.0. The van der Waals surface area contributed by atoms with Crippen LogP contribution in [0.1, 0.15) is 11.3 Å². The molecule has 0 atom stereocenters. The zero-order chi connectivity index (χ0) is 15.4. The Morgan fingerprint density at radius 1 is 0.826 bits per heavy atom. The SMILES string of the molecule is Brc1ccc2c(c1)c1c(n2-c2ccccc2)Cc2ccccc2-1. The summed E-state index contributed by atoms with van der Waals surface area (Å²) in [6, 6.07) is 26.0. The molecule has 4 aromatic rings. The first-order valence-electron chi connectivity index (χ1n) is 7.79. The Bertz CT molecular complexity index is 1040. The third-order valence-electron chi connectivity index (χ3n) is 4.69. The molecular weight excluding hydrogens is 346 g/mol. The van der Waals surface area contributed by atoms with E-state index in [0.29, 0.717) is 0 Å². The average molecular weight is 360 g/mol. The van der Waals surface area contributed by atoms with Crippen LogP contribution >= 0.6 is 15.9 Å². The quantitative estimate of drug-likeness (QED) is 0.347. The molecule has 1 aromatic heterocycles. The van der Waals surface area contributed by atoms with E-state index in [1.165, 1.54) is 39.0 Å². The zero-order valence-electron chi connectivity index (χ0n) is 12.5. The van der Waals surface area contributed by atoms with Gasteiger partial charge in [0.25, 0.3) is 0 Å². The number of para-hydroxylation sites is 1. The minimum atomic E-state index is 0.993. The molecule has 0 aliphatic heterocycles. The number of halogens is 1. The number of fused-ring (bicyclic) bond motifs is 5. The Hall–Kier alpha value is -2.32.